The molecule has 2 nitrogen and oxygen atoms in total. The summed E-state index contributed by atoms with van der Waals surface area (Å²) in [6.45, 7) is 7.36. The predicted molar refractivity (Wildman–Crippen MR) is 93.5 cm³/mol. The molecule has 1 aromatic carbocycles. The molecule has 0 aliphatic rings. The Balaban J connectivity index is 0.000000545. The number of aryl methyl sites for hydroxylation is 1. The SMILES string of the molecule is C=CC.Cc1cc(-c2cccnc2)cc(-c2cccnc2)c1. The standard InChI is InChI=1S/C17H14N2.C3H6/c1-13-8-16(14-4-2-6-18-11-14)10-17(9-13)15-5-3-7-19-12-15;1-3-2/h2-12H,1H3;3H,1H2,2H3. The summed E-state index contributed by atoms with van der Waals surface area (Å²) in [6.07, 6.45) is 9.12. The zero-order chi connectivity index (χ0) is 15.8. The number of rotatable bonds is 2. The fourth-order valence-corrected chi connectivity index (χ4v) is 2.18. The first kappa shape index (κ1) is 15.6. The molecule has 0 saturated heterocycles. The highest BCUT2D eigenvalue weighted by atomic mass is 14.6. The number of allylic oxidation sites excluding steroid dienone is 1. The van der Waals surface area contributed by atoms with E-state index in [1.807, 2.05) is 31.5 Å². The third-order valence-corrected chi connectivity index (χ3v) is 3.07. The number of pyridine rings is 2. The predicted octanol–water partition coefficient (Wildman–Crippen LogP) is 5.31. The van der Waals surface area contributed by atoms with E-state index in [9.17, 15) is 0 Å². The van der Waals surface area contributed by atoms with Gasteiger partial charge in [0.05, 0.1) is 0 Å². The largest absolute Gasteiger partial charge is 0.264 e. The first-order valence-electron chi connectivity index (χ1n) is 7.24. The van der Waals surface area contributed by atoms with Crippen molar-refractivity contribution in [3.8, 4) is 22.3 Å². The van der Waals surface area contributed by atoms with Crippen LogP contribution in [0.25, 0.3) is 22.3 Å². The Morgan fingerprint density at radius 2 is 1.27 bits per heavy atom. The summed E-state index contributed by atoms with van der Waals surface area (Å²) in [6, 6.07) is 14.6. The van der Waals surface area contributed by atoms with E-state index >= 15 is 0 Å². The summed E-state index contributed by atoms with van der Waals surface area (Å²) in [5, 5.41) is 0. The van der Waals surface area contributed by atoms with Gasteiger partial charge in [0.2, 0.25) is 0 Å². The van der Waals surface area contributed by atoms with E-state index in [1.165, 1.54) is 16.7 Å². The molecule has 22 heavy (non-hydrogen) atoms. The van der Waals surface area contributed by atoms with Gasteiger partial charge in [-0.1, -0.05) is 30.3 Å². The Morgan fingerprint density at radius 3 is 1.64 bits per heavy atom. The monoisotopic (exact) mass is 288 g/mol. The van der Waals surface area contributed by atoms with Crippen LogP contribution in [0.4, 0.5) is 0 Å². The lowest BCUT2D eigenvalue weighted by Gasteiger charge is -2.07. The van der Waals surface area contributed by atoms with Crippen LogP contribution in [0.3, 0.4) is 0 Å². The van der Waals surface area contributed by atoms with Gasteiger partial charge in [-0.3, -0.25) is 9.97 Å². The second-order valence-electron chi connectivity index (χ2n) is 4.98. The lowest BCUT2D eigenvalue weighted by atomic mass is 9.98. The first-order chi connectivity index (χ1) is 10.7. The van der Waals surface area contributed by atoms with E-state index in [0.29, 0.717) is 0 Å². The molecule has 0 fully saturated rings. The highest BCUT2D eigenvalue weighted by Crippen LogP contribution is 2.27. The topological polar surface area (TPSA) is 25.8 Å². The van der Waals surface area contributed by atoms with E-state index in [0.717, 1.165) is 11.1 Å². The molecule has 110 valence electrons. The molecule has 0 N–H and O–H groups in total. The fourth-order valence-electron chi connectivity index (χ4n) is 2.18. The van der Waals surface area contributed by atoms with Gasteiger partial charge in [-0.2, -0.15) is 0 Å². The quantitative estimate of drug-likeness (QED) is 0.597. The van der Waals surface area contributed by atoms with Crippen LogP contribution >= 0.6 is 0 Å². The molecule has 0 aliphatic carbocycles. The number of benzene rings is 1. The van der Waals surface area contributed by atoms with Crippen LogP contribution in [-0.4, -0.2) is 9.97 Å². The number of nitrogens with zero attached hydrogens (tertiary/aromatic N) is 2. The first-order valence-corrected chi connectivity index (χ1v) is 7.24. The van der Waals surface area contributed by atoms with Crippen LogP contribution in [0.15, 0.2) is 79.9 Å². The minimum Gasteiger partial charge on any atom is -0.264 e. The van der Waals surface area contributed by atoms with Gasteiger partial charge in [-0.15, -0.1) is 6.58 Å². The van der Waals surface area contributed by atoms with Crippen molar-refractivity contribution in [3.05, 3.63) is 85.5 Å². The number of hydrogen-bond acceptors (Lipinski definition) is 2. The van der Waals surface area contributed by atoms with Crippen molar-refractivity contribution in [1.29, 1.82) is 0 Å². The van der Waals surface area contributed by atoms with Gasteiger partial charge in [0.15, 0.2) is 0 Å². The number of aromatic nitrogens is 2. The van der Waals surface area contributed by atoms with E-state index in [1.54, 1.807) is 18.5 Å². The summed E-state index contributed by atoms with van der Waals surface area (Å²) in [5.41, 5.74) is 5.88. The molecule has 2 heterocycles. The molecule has 0 unspecified atom stereocenters. The molecule has 2 heteroatoms. The van der Waals surface area contributed by atoms with Crippen molar-refractivity contribution >= 4 is 0 Å². The molecule has 2 aromatic heterocycles. The Kier molecular flexibility index (Phi) is 5.61. The molecule has 0 saturated carbocycles. The molecule has 3 aromatic rings. The lowest BCUT2D eigenvalue weighted by molar-refractivity contribution is 1.32. The molecule has 3 rings (SSSR count). The van der Waals surface area contributed by atoms with Gasteiger partial charge in [0.25, 0.3) is 0 Å². The fraction of sp³-hybridized carbons (Fsp3) is 0.100. The second kappa shape index (κ2) is 7.89. The Hall–Kier alpha value is -2.74. The van der Waals surface area contributed by atoms with Gasteiger partial charge in [0.1, 0.15) is 0 Å². The van der Waals surface area contributed by atoms with E-state index < -0.39 is 0 Å². The van der Waals surface area contributed by atoms with Crippen LogP contribution in [0.5, 0.6) is 0 Å². The number of hydrogen-bond donors (Lipinski definition) is 0. The van der Waals surface area contributed by atoms with Crippen molar-refractivity contribution < 1.29 is 0 Å². The summed E-state index contributed by atoms with van der Waals surface area (Å²) < 4.78 is 0. The zero-order valence-electron chi connectivity index (χ0n) is 13.0. The van der Waals surface area contributed by atoms with Crippen LogP contribution in [0.2, 0.25) is 0 Å². The minimum atomic E-state index is 1.14. The normalized spacial score (nSPS) is 9.55. The lowest BCUT2D eigenvalue weighted by Crippen LogP contribution is -1.85. The average Bonchev–Trinajstić information content (AvgIpc) is 2.57. The van der Waals surface area contributed by atoms with Crippen molar-refractivity contribution in [2.75, 3.05) is 0 Å². The smallest absolute Gasteiger partial charge is 0.0346 e. The summed E-state index contributed by atoms with van der Waals surface area (Å²) in [7, 11) is 0. The molecule has 0 aliphatic heterocycles. The van der Waals surface area contributed by atoms with Crippen molar-refractivity contribution in [1.82, 2.24) is 9.97 Å². The molecule has 0 radical (unpaired) electrons. The molecule has 0 amide bonds. The van der Waals surface area contributed by atoms with Gasteiger partial charge in [-0.05, 0) is 48.7 Å². The van der Waals surface area contributed by atoms with E-state index in [4.69, 9.17) is 0 Å². The van der Waals surface area contributed by atoms with Gasteiger partial charge >= 0.3 is 0 Å². The Bertz CT molecular complexity index is 661. The molecular weight excluding hydrogens is 268 g/mol. The van der Waals surface area contributed by atoms with Crippen molar-refractivity contribution in [3.63, 3.8) is 0 Å². The van der Waals surface area contributed by atoms with Gasteiger partial charge in [-0.25, -0.2) is 0 Å². The Labute approximate surface area is 132 Å². The molecular formula is C20H20N2. The third kappa shape index (κ3) is 4.13. The molecule has 0 atom stereocenters. The maximum Gasteiger partial charge on any atom is 0.0346 e. The van der Waals surface area contributed by atoms with Crippen LogP contribution in [0, 0.1) is 6.92 Å². The maximum absolute atomic E-state index is 4.18. The minimum absolute atomic E-state index is 1.14. The average molecular weight is 288 g/mol. The highest BCUT2D eigenvalue weighted by Gasteiger charge is 2.03. The maximum atomic E-state index is 4.18. The van der Waals surface area contributed by atoms with Crippen LogP contribution in [0.1, 0.15) is 12.5 Å². The van der Waals surface area contributed by atoms with Gasteiger partial charge < -0.3 is 0 Å². The summed E-state index contributed by atoms with van der Waals surface area (Å²) in [5.74, 6) is 0. The third-order valence-electron chi connectivity index (χ3n) is 3.07. The summed E-state index contributed by atoms with van der Waals surface area (Å²) >= 11 is 0. The van der Waals surface area contributed by atoms with Crippen LogP contribution in [-0.2, 0) is 0 Å². The molecule has 0 spiro atoms. The van der Waals surface area contributed by atoms with Crippen molar-refractivity contribution in [2.24, 2.45) is 0 Å². The van der Waals surface area contributed by atoms with E-state index in [2.05, 4.69) is 53.8 Å². The summed E-state index contributed by atoms with van der Waals surface area (Å²) in [4.78, 5) is 8.36. The van der Waals surface area contributed by atoms with Crippen LogP contribution < -0.4 is 0 Å². The van der Waals surface area contributed by atoms with Crippen molar-refractivity contribution in [2.45, 2.75) is 13.8 Å². The second-order valence-corrected chi connectivity index (χ2v) is 4.98. The molecule has 0 bridgehead atoms. The zero-order valence-corrected chi connectivity index (χ0v) is 13.0. The van der Waals surface area contributed by atoms with Gasteiger partial charge in [0, 0.05) is 35.9 Å². The van der Waals surface area contributed by atoms with E-state index in [-0.39, 0.29) is 0 Å². The Morgan fingerprint density at radius 1 is 0.818 bits per heavy atom. The highest BCUT2D eigenvalue weighted by molar-refractivity contribution is 5.73.